The Bertz CT molecular complexity index is 925. The van der Waals surface area contributed by atoms with E-state index in [2.05, 4.69) is 5.10 Å². The minimum absolute atomic E-state index is 0.139. The number of ether oxygens (including phenoxy) is 2. The van der Waals surface area contributed by atoms with Crippen LogP contribution in [0.3, 0.4) is 0 Å². The van der Waals surface area contributed by atoms with Crippen molar-refractivity contribution in [2.75, 3.05) is 20.2 Å². The van der Waals surface area contributed by atoms with E-state index in [1.807, 2.05) is 0 Å². The maximum absolute atomic E-state index is 12.9. The molecule has 1 aliphatic heterocycles. The first kappa shape index (κ1) is 20.7. The monoisotopic (exact) mass is 433 g/mol. The molecular weight excluding hydrogens is 410 g/mol. The molecule has 1 saturated carbocycles. The number of aliphatic hydroxyl groups is 1. The van der Waals surface area contributed by atoms with Crippen molar-refractivity contribution in [2.24, 2.45) is 18.9 Å². The molecule has 2 aliphatic rings. The van der Waals surface area contributed by atoms with Crippen molar-refractivity contribution >= 4 is 23.5 Å². The SMILES string of the molecule is COC(=O)c1ccc(O[C@@H]2C[C@@H]3CN(C(=O)c4c(Cl)cnn4C)C[C@@H]3C[C@H]2O)cc1. The van der Waals surface area contributed by atoms with E-state index in [0.717, 1.165) is 0 Å². The molecule has 2 fully saturated rings. The number of carbonyl (C=O) groups excluding carboxylic acids is 2. The Hall–Kier alpha value is -2.58. The Morgan fingerprint density at radius 3 is 2.43 bits per heavy atom. The first-order chi connectivity index (χ1) is 14.4. The smallest absolute Gasteiger partial charge is 0.337 e. The Morgan fingerprint density at radius 1 is 1.17 bits per heavy atom. The number of aryl methyl sites for hydroxylation is 1. The fourth-order valence-electron chi connectivity index (χ4n) is 4.45. The molecule has 1 aromatic heterocycles. The largest absolute Gasteiger partial charge is 0.488 e. The molecule has 1 aliphatic carbocycles. The van der Waals surface area contributed by atoms with Crippen LogP contribution < -0.4 is 4.74 Å². The predicted molar refractivity (Wildman–Crippen MR) is 109 cm³/mol. The molecule has 1 saturated heterocycles. The quantitative estimate of drug-likeness (QED) is 0.742. The van der Waals surface area contributed by atoms with Crippen LogP contribution in [-0.4, -0.2) is 64.1 Å². The van der Waals surface area contributed by atoms with E-state index in [9.17, 15) is 14.7 Å². The number of carbonyl (C=O) groups is 2. The molecule has 0 radical (unpaired) electrons. The van der Waals surface area contributed by atoms with Gasteiger partial charge < -0.3 is 19.5 Å². The molecule has 0 bridgehead atoms. The lowest BCUT2D eigenvalue weighted by Gasteiger charge is -2.35. The first-order valence-corrected chi connectivity index (χ1v) is 10.2. The van der Waals surface area contributed by atoms with Crippen LogP contribution in [0.4, 0.5) is 0 Å². The molecule has 8 nitrogen and oxygen atoms in total. The lowest BCUT2D eigenvalue weighted by molar-refractivity contribution is -0.0231. The second-order valence-electron chi connectivity index (χ2n) is 7.91. The number of hydrogen-bond donors (Lipinski definition) is 1. The molecular formula is C21H24ClN3O5. The van der Waals surface area contributed by atoms with E-state index in [4.69, 9.17) is 21.1 Å². The number of hydrogen-bond acceptors (Lipinski definition) is 6. The average Bonchev–Trinajstić information content (AvgIpc) is 3.30. The Morgan fingerprint density at radius 2 is 1.83 bits per heavy atom. The third kappa shape index (κ3) is 3.89. The lowest BCUT2D eigenvalue weighted by atomic mass is 9.78. The van der Waals surface area contributed by atoms with E-state index in [0.29, 0.717) is 48.0 Å². The van der Waals surface area contributed by atoms with Crippen LogP contribution in [0.5, 0.6) is 5.75 Å². The first-order valence-electron chi connectivity index (χ1n) is 9.87. The van der Waals surface area contributed by atoms with Crippen molar-refractivity contribution in [2.45, 2.75) is 25.0 Å². The van der Waals surface area contributed by atoms with Crippen LogP contribution in [-0.2, 0) is 11.8 Å². The fourth-order valence-corrected chi connectivity index (χ4v) is 4.69. The zero-order chi connectivity index (χ0) is 21.4. The molecule has 4 atom stereocenters. The molecule has 2 aromatic rings. The lowest BCUT2D eigenvalue weighted by Crippen LogP contribution is -2.42. The van der Waals surface area contributed by atoms with Crippen molar-refractivity contribution in [3.8, 4) is 5.75 Å². The van der Waals surface area contributed by atoms with Gasteiger partial charge in [0.15, 0.2) is 0 Å². The van der Waals surface area contributed by atoms with E-state index < -0.39 is 12.1 Å². The second-order valence-corrected chi connectivity index (χ2v) is 8.31. The molecule has 1 aromatic carbocycles. The van der Waals surface area contributed by atoms with Crippen LogP contribution in [0, 0.1) is 11.8 Å². The van der Waals surface area contributed by atoms with Gasteiger partial charge in [-0.2, -0.15) is 5.10 Å². The number of aromatic nitrogens is 2. The standard InChI is InChI=1S/C21H24ClN3O5/c1-24-19(16(22)9-23-24)20(27)25-10-13-7-17(26)18(8-14(13)11-25)30-15-5-3-12(4-6-15)21(28)29-2/h3-6,9,13-14,17-18,26H,7-8,10-11H2,1-2H3/t13-,14+,17+,18+/m0/s1. The molecule has 160 valence electrons. The van der Waals surface area contributed by atoms with Crippen molar-refractivity contribution in [3.05, 3.63) is 46.7 Å². The summed E-state index contributed by atoms with van der Waals surface area (Å²) in [7, 11) is 3.03. The molecule has 9 heteroatoms. The summed E-state index contributed by atoms with van der Waals surface area (Å²) in [5.74, 6) is 0.491. The van der Waals surface area contributed by atoms with Gasteiger partial charge in [-0.15, -0.1) is 0 Å². The zero-order valence-corrected chi connectivity index (χ0v) is 17.6. The molecule has 30 heavy (non-hydrogen) atoms. The van der Waals surface area contributed by atoms with Crippen molar-refractivity contribution in [3.63, 3.8) is 0 Å². The van der Waals surface area contributed by atoms with Crippen LogP contribution in [0.2, 0.25) is 5.02 Å². The predicted octanol–water partition coefficient (Wildman–Crippen LogP) is 2.15. The molecule has 0 spiro atoms. The summed E-state index contributed by atoms with van der Waals surface area (Å²) >= 11 is 6.13. The Kier molecular flexibility index (Phi) is 5.71. The Labute approximate surface area is 179 Å². The van der Waals surface area contributed by atoms with E-state index >= 15 is 0 Å². The molecule has 1 amide bonds. The summed E-state index contributed by atoms with van der Waals surface area (Å²) in [6.45, 7) is 1.18. The minimum atomic E-state index is -0.623. The molecule has 2 heterocycles. The third-order valence-electron chi connectivity index (χ3n) is 6.03. The number of amides is 1. The van der Waals surface area contributed by atoms with Crippen molar-refractivity contribution < 1.29 is 24.2 Å². The number of benzene rings is 1. The summed E-state index contributed by atoms with van der Waals surface area (Å²) in [6.07, 6.45) is 1.69. The summed E-state index contributed by atoms with van der Waals surface area (Å²) in [6, 6.07) is 6.65. The summed E-state index contributed by atoms with van der Waals surface area (Å²) in [5.41, 5.74) is 0.822. The molecule has 4 rings (SSSR count). The average molecular weight is 434 g/mol. The number of esters is 1. The van der Waals surface area contributed by atoms with Gasteiger partial charge in [0.2, 0.25) is 0 Å². The van der Waals surface area contributed by atoms with Gasteiger partial charge >= 0.3 is 5.97 Å². The van der Waals surface area contributed by atoms with Gasteiger partial charge in [-0.3, -0.25) is 9.48 Å². The van der Waals surface area contributed by atoms with Gasteiger partial charge in [-0.25, -0.2) is 4.79 Å². The van der Waals surface area contributed by atoms with Crippen LogP contribution in [0.25, 0.3) is 0 Å². The van der Waals surface area contributed by atoms with E-state index in [1.165, 1.54) is 18.0 Å². The van der Waals surface area contributed by atoms with Gasteiger partial charge in [-0.05, 0) is 48.9 Å². The third-order valence-corrected chi connectivity index (χ3v) is 6.31. The number of halogens is 1. The highest BCUT2D eigenvalue weighted by Crippen LogP contribution is 2.38. The maximum atomic E-state index is 12.9. The van der Waals surface area contributed by atoms with Gasteiger partial charge in [0, 0.05) is 20.1 Å². The highest BCUT2D eigenvalue weighted by molar-refractivity contribution is 6.33. The normalized spacial score (nSPS) is 25.7. The van der Waals surface area contributed by atoms with E-state index in [1.54, 1.807) is 36.2 Å². The summed E-state index contributed by atoms with van der Waals surface area (Å²) in [4.78, 5) is 26.3. The zero-order valence-electron chi connectivity index (χ0n) is 16.8. The highest BCUT2D eigenvalue weighted by Gasteiger charge is 2.44. The van der Waals surface area contributed by atoms with Gasteiger partial charge in [-0.1, -0.05) is 11.6 Å². The number of likely N-dealkylation sites (tertiary alicyclic amines) is 1. The summed E-state index contributed by atoms with van der Waals surface area (Å²) < 4.78 is 12.2. The molecule has 0 unspecified atom stereocenters. The topological polar surface area (TPSA) is 93.9 Å². The number of aliphatic hydroxyl groups excluding tert-OH is 1. The number of nitrogens with zero attached hydrogens (tertiary/aromatic N) is 3. The van der Waals surface area contributed by atoms with Crippen LogP contribution in [0.15, 0.2) is 30.5 Å². The fraction of sp³-hybridized carbons (Fsp3) is 0.476. The summed E-state index contributed by atoms with van der Waals surface area (Å²) in [5, 5.41) is 15.0. The number of methoxy groups -OCH3 is 1. The Balaban J connectivity index is 1.41. The minimum Gasteiger partial charge on any atom is -0.488 e. The highest BCUT2D eigenvalue weighted by atomic mass is 35.5. The number of rotatable bonds is 4. The van der Waals surface area contributed by atoms with Crippen LogP contribution >= 0.6 is 11.6 Å². The van der Waals surface area contributed by atoms with Crippen molar-refractivity contribution in [1.29, 1.82) is 0 Å². The van der Waals surface area contributed by atoms with E-state index in [-0.39, 0.29) is 23.8 Å². The second kappa shape index (κ2) is 8.28. The van der Waals surface area contributed by atoms with Gasteiger partial charge in [0.1, 0.15) is 17.5 Å². The van der Waals surface area contributed by atoms with Crippen LogP contribution in [0.1, 0.15) is 33.7 Å². The van der Waals surface area contributed by atoms with Crippen molar-refractivity contribution in [1.82, 2.24) is 14.7 Å². The van der Waals surface area contributed by atoms with Gasteiger partial charge in [0.25, 0.3) is 5.91 Å². The maximum Gasteiger partial charge on any atom is 0.337 e. The number of fused-ring (bicyclic) bond motifs is 1. The molecule has 1 N–H and O–H groups in total. The van der Waals surface area contributed by atoms with Gasteiger partial charge in [0.05, 0.1) is 30.0 Å².